The minimum Gasteiger partial charge on any atom is -0.511 e. The van der Waals surface area contributed by atoms with Crippen molar-refractivity contribution < 1.29 is 55.0 Å². The number of allylic oxidation sites excluding steroid dienone is 4. The van der Waals surface area contributed by atoms with Crippen molar-refractivity contribution in [3.05, 3.63) is 23.5 Å². The topological polar surface area (TPSA) is 203 Å². The molecule has 5 aliphatic carbocycles. The van der Waals surface area contributed by atoms with Gasteiger partial charge < -0.3 is 45.4 Å². The minimum atomic E-state index is -2.01. The van der Waals surface area contributed by atoms with Gasteiger partial charge in [-0.1, -0.05) is 46.9 Å². The second-order valence-electron chi connectivity index (χ2n) is 17.7. The van der Waals surface area contributed by atoms with Gasteiger partial charge in [0.15, 0.2) is 12.1 Å². The molecule has 0 radical (unpaired) electrons. The molecule has 53 heavy (non-hydrogen) atoms. The first kappa shape index (κ1) is 38.8. The highest BCUT2D eigenvalue weighted by Crippen LogP contribution is 2.57. The Kier molecular flexibility index (Phi) is 11.3. The standard InChI is InChI=1S/C39H58N2O10S2/c42-17-23-4-1-3-21(11-23)12-24-14-27-32(45)26-5-2-6-28-31(26)33(46)38(27,29(44)15-24)19-52-53-20-41-30-16-22(8-10-40-30)13-25-7-9-37(18-43)36(48)39(25,49)34(47)35(50-28)51-37/h14-15,21-23,25-28,30-31,34-36,40-44,47-49H,1-13,16-20H2/p+1/t21?,22?,23?,25-,26?,27-,28?,30?,31?,34-,35+,36+,37-,38-,39+/m0/s1. The molecule has 0 aromatic heterocycles. The molecule has 12 nitrogen and oxygen atoms in total. The number of ketones is 2. The molecule has 7 unspecified atom stereocenters. The number of aliphatic hydroxyl groups excluding tert-OH is 5. The number of aliphatic hydroxyl groups is 6. The Morgan fingerprint density at radius 2 is 1.79 bits per heavy atom. The molecule has 14 heteroatoms. The summed E-state index contributed by atoms with van der Waals surface area (Å²) in [5, 5.41) is 74.4. The van der Waals surface area contributed by atoms with Gasteiger partial charge in [0.05, 0.1) is 37.0 Å². The first-order valence-electron chi connectivity index (χ1n) is 20.2. The summed E-state index contributed by atoms with van der Waals surface area (Å²) in [7, 11) is 3.07. The Morgan fingerprint density at radius 1 is 0.981 bits per heavy atom. The molecule has 0 aromatic rings. The smallest absolute Gasteiger partial charge is 0.187 e. The molecule has 296 valence electrons. The predicted octanol–water partition coefficient (Wildman–Crippen LogP) is 1.70. The largest absolute Gasteiger partial charge is 0.511 e. The third-order valence-corrected chi connectivity index (χ3v) is 17.0. The van der Waals surface area contributed by atoms with Gasteiger partial charge in [0.1, 0.15) is 46.5 Å². The highest BCUT2D eigenvalue weighted by Gasteiger charge is 2.69. The monoisotopic (exact) mass is 779 g/mol. The van der Waals surface area contributed by atoms with E-state index < -0.39 is 71.5 Å². The zero-order valence-electron chi connectivity index (χ0n) is 30.5. The van der Waals surface area contributed by atoms with E-state index in [1.54, 1.807) is 16.9 Å². The van der Waals surface area contributed by atoms with E-state index in [1.165, 1.54) is 10.8 Å². The molecular weight excluding hydrogens is 721 g/mol. The fourth-order valence-electron chi connectivity index (χ4n) is 11.9. The summed E-state index contributed by atoms with van der Waals surface area (Å²) in [6, 6.07) is 0. The van der Waals surface area contributed by atoms with E-state index in [4.69, 9.17) is 9.47 Å². The van der Waals surface area contributed by atoms with Gasteiger partial charge in [-0.15, -0.1) is 0 Å². The second-order valence-corrected chi connectivity index (χ2v) is 20.1. The average Bonchev–Trinajstić information content (AvgIpc) is 3.16. The maximum Gasteiger partial charge on any atom is 0.187 e. The van der Waals surface area contributed by atoms with Gasteiger partial charge in [-0.05, 0) is 93.1 Å². The van der Waals surface area contributed by atoms with Crippen LogP contribution in [-0.4, -0.2) is 116 Å². The third kappa shape index (κ3) is 6.61. The van der Waals surface area contributed by atoms with Gasteiger partial charge in [0.2, 0.25) is 0 Å². The first-order valence-corrected chi connectivity index (χ1v) is 22.7. The van der Waals surface area contributed by atoms with Crippen LogP contribution < -0.4 is 10.6 Å². The van der Waals surface area contributed by atoms with Gasteiger partial charge in [-0.2, -0.15) is 0 Å². The molecule has 0 aromatic carbocycles. The number of fused-ring (bicyclic) bond motifs is 4. The summed E-state index contributed by atoms with van der Waals surface area (Å²) in [5.41, 5.74) is -4.19. The lowest BCUT2D eigenvalue weighted by Crippen LogP contribution is -2.95. The molecule has 8 aliphatic rings. The van der Waals surface area contributed by atoms with E-state index in [0.29, 0.717) is 50.3 Å². The van der Waals surface area contributed by atoms with E-state index in [9.17, 15) is 35.4 Å². The number of hydrogen-bond acceptors (Lipinski definition) is 13. The summed E-state index contributed by atoms with van der Waals surface area (Å²) >= 11 is 0. The zero-order chi connectivity index (χ0) is 37.1. The van der Waals surface area contributed by atoms with Crippen molar-refractivity contribution >= 4 is 33.2 Å². The van der Waals surface area contributed by atoms with Crippen LogP contribution in [0.2, 0.25) is 0 Å². The van der Waals surface area contributed by atoms with Crippen molar-refractivity contribution in [1.29, 1.82) is 0 Å². The van der Waals surface area contributed by atoms with Crippen LogP contribution in [0.5, 0.6) is 0 Å². The molecule has 4 saturated carbocycles. The van der Waals surface area contributed by atoms with Gasteiger partial charge in [0, 0.05) is 24.7 Å². The van der Waals surface area contributed by atoms with Crippen molar-refractivity contribution in [3.63, 3.8) is 0 Å². The van der Waals surface area contributed by atoms with Crippen LogP contribution in [0.4, 0.5) is 0 Å². The third-order valence-electron chi connectivity index (χ3n) is 14.8. The Balaban J connectivity index is 1.14. The lowest BCUT2D eigenvalue weighted by Gasteiger charge is -2.61. The van der Waals surface area contributed by atoms with Gasteiger partial charge in [0.25, 0.3) is 0 Å². The van der Waals surface area contributed by atoms with E-state index >= 15 is 4.79 Å². The highest BCUT2D eigenvalue weighted by molar-refractivity contribution is 8.76. The number of piperidine rings is 1. The highest BCUT2D eigenvalue weighted by atomic mass is 33.1. The van der Waals surface area contributed by atoms with Crippen LogP contribution in [0, 0.1) is 46.8 Å². The van der Waals surface area contributed by atoms with Crippen molar-refractivity contribution in [3.8, 4) is 0 Å². The van der Waals surface area contributed by atoms with Crippen LogP contribution in [-0.2, 0) is 19.1 Å². The van der Waals surface area contributed by atoms with Crippen LogP contribution >= 0.6 is 21.6 Å². The number of Topliss-reactive ketones (excluding diaryl/α,β-unsaturated/α-hetero) is 2. The summed E-state index contributed by atoms with van der Waals surface area (Å²) in [4.78, 5) is 30.0. The van der Waals surface area contributed by atoms with Crippen molar-refractivity contribution in [2.75, 3.05) is 31.4 Å². The van der Waals surface area contributed by atoms with E-state index in [-0.39, 0.29) is 54.1 Å². The first-order chi connectivity index (χ1) is 25.5. The maximum absolute atomic E-state index is 15.2. The molecule has 7 bridgehead atoms. The van der Waals surface area contributed by atoms with Gasteiger partial charge in [-0.25, -0.2) is 0 Å². The molecule has 3 saturated heterocycles. The molecule has 1 spiro atoms. The van der Waals surface area contributed by atoms with Crippen molar-refractivity contribution in [2.24, 2.45) is 46.8 Å². The molecular formula is C39H59N2O10S2+. The summed E-state index contributed by atoms with van der Waals surface area (Å²) in [5.74, 6) is -1.62. The van der Waals surface area contributed by atoms with Crippen LogP contribution in [0.1, 0.15) is 83.5 Å². The Hall–Kier alpha value is -1.04. The fourth-order valence-corrected chi connectivity index (χ4v) is 14.3. The van der Waals surface area contributed by atoms with E-state index in [0.717, 1.165) is 50.6 Å². The summed E-state index contributed by atoms with van der Waals surface area (Å²) < 4.78 is 12.9. The second kappa shape index (κ2) is 15.4. The number of nitrogens with one attached hydrogen (secondary N) is 1. The van der Waals surface area contributed by atoms with Crippen LogP contribution in [0.25, 0.3) is 0 Å². The van der Waals surface area contributed by atoms with E-state index in [2.05, 4.69) is 10.6 Å². The minimum absolute atomic E-state index is 0.0826. The van der Waals surface area contributed by atoms with E-state index in [1.807, 2.05) is 6.08 Å². The molecule has 15 atom stereocenters. The molecule has 9 N–H and O–H groups in total. The quantitative estimate of drug-likeness (QED) is 0.192. The number of hydrogen-bond donors (Lipinski definition) is 8. The van der Waals surface area contributed by atoms with Gasteiger partial charge in [-0.3, -0.25) is 14.9 Å². The number of carbonyl (C=O) groups excluding carboxylic acids is 2. The van der Waals surface area contributed by atoms with Gasteiger partial charge >= 0.3 is 0 Å². The van der Waals surface area contributed by atoms with Crippen LogP contribution in [0.15, 0.2) is 23.5 Å². The number of rotatable bonds is 4. The Bertz CT molecular complexity index is 1470. The molecule has 3 heterocycles. The van der Waals surface area contributed by atoms with Crippen molar-refractivity contribution in [1.82, 2.24) is 5.32 Å². The maximum atomic E-state index is 15.2. The Labute approximate surface area is 319 Å². The number of nitrogens with two attached hydrogens (primary N) is 1. The SMILES string of the molecule is O=C1C2CCCC3O[C@@H]4O[C@]5(CO)CC[C@@H](CC6CC[NH2+]C(C6)NCSSC[C@@]6(C(=O)C32)C(O)=CC(CC2CCCC(CO)C2)=C[C@@H]16)[C@](O)([C@@H]5O)[C@H]4O. The molecule has 0 amide bonds. The fraction of sp³-hybridized carbons (Fsp3) is 0.846. The molecule has 3 aliphatic heterocycles. The lowest BCUT2D eigenvalue weighted by molar-refractivity contribution is -0.704. The number of ether oxygens (including phenoxy) is 2. The zero-order valence-corrected chi connectivity index (χ0v) is 32.2. The predicted molar refractivity (Wildman–Crippen MR) is 198 cm³/mol. The summed E-state index contributed by atoms with van der Waals surface area (Å²) in [6.45, 7) is 0.476. The molecule has 7 fully saturated rings. The molecule has 8 rings (SSSR count). The average molecular weight is 780 g/mol. The van der Waals surface area contributed by atoms with Crippen LogP contribution in [0.3, 0.4) is 0 Å². The summed E-state index contributed by atoms with van der Waals surface area (Å²) in [6.07, 6.45) is 7.55. The van der Waals surface area contributed by atoms with Crippen molar-refractivity contribution in [2.45, 2.75) is 125 Å². The number of carbonyl (C=O) groups is 2. The Morgan fingerprint density at radius 3 is 2.60 bits per heavy atom. The number of quaternary nitrogens is 1. The lowest BCUT2D eigenvalue weighted by atomic mass is 9.52. The normalized spacial score (nSPS) is 49.2.